The fourth-order valence-corrected chi connectivity index (χ4v) is 3.56. The van der Waals surface area contributed by atoms with Gasteiger partial charge in [-0.1, -0.05) is 20.8 Å². The van der Waals surface area contributed by atoms with Crippen LogP contribution in [0.3, 0.4) is 0 Å². The summed E-state index contributed by atoms with van der Waals surface area (Å²) in [5, 5.41) is 4.39. The third-order valence-corrected chi connectivity index (χ3v) is 10.0. The van der Waals surface area contributed by atoms with Crippen LogP contribution in [0.1, 0.15) is 45.2 Å². The normalized spacial score (nSPS) is 16.4. The van der Waals surface area contributed by atoms with Gasteiger partial charge in [0, 0.05) is 6.20 Å². The molecule has 0 saturated heterocycles. The molecule has 0 spiro atoms. The molecule has 0 aliphatic carbocycles. The predicted molar refractivity (Wildman–Crippen MR) is 90.4 cm³/mol. The van der Waals surface area contributed by atoms with Gasteiger partial charge in [-0.05, 0) is 32.0 Å². The van der Waals surface area contributed by atoms with Crippen LogP contribution in [0.2, 0.25) is 18.1 Å². The van der Waals surface area contributed by atoms with E-state index in [2.05, 4.69) is 43.8 Å². The molecule has 126 valence electrons. The Bertz CT molecular complexity index is 609. The molecular formula is C14H27N3O3SSi. The zero-order valence-corrected chi connectivity index (χ0v) is 16.2. The minimum absolute atomic E-state index is 0.0541. The van der Waals surface area contributed by atoms with Crippen LogP contribution in [0.15, 0.2) is 12.4 Å². The summed E-state index contributed by atoms with van der Waals surface area (Å²) in [6.45, 7) is 13.8. The largest absolute Gasteiger partial charge is 0.407 e. The number of rotatable bonds is 5. The van der Waals surface area contributed by atoms with Crippen molar-refractivity contribution in [2.75, 3.05) is 0 Å². The number of hydrogen-bond donors (Lipinski definition) is 1. The first-order valence-corrected chi connectivity index (χ1v) is 11.8. The van der Waals surface area contributed by atoms with Crippen molar-refractivity contribution in [3.8, 4) is 0 Å². The summed E-state index contributed by atoms with van der Waals surface area (Å²) in [4.78, 5) is 8.49. The van der Waals surface area contributed by atoms with E-state index in [9.17, 15) is 8.42 Å². The van der Waals surface area contributed by atoms with E-state index in [0.29, 0.717) is 5.69 Å². The lowest BCUT2D eigenvalue weighted by Crippen LogP contribution is -2.45. The highest BCUT2D eigenvalue weighted by Crippen LogP contribution is 2.40. The number of hydrogen-bond acceptors (Lipinski definition) is 5. The van der Waals surface area contributed by atoms with Gasteiger partial charge in [-0.3, -0.25) is 9.97 Å². The Hall–Kier alpha value is -0.833. The Kier molecular flexibility index (Phi) is 5.54. The maximum atomic E-state index is 11.8. The minimum Gasteiger partial charge on any atom is -0.407 e. The van der Waals surface area contributed by atoms with Gasteiger partial charge in [-0.15, -0.1) is 0 Å². The average molecular weight is 346 g/mol. The number of primary sulfonamides is 1. The summed E-state index contributed by atoms with van der Waals surface area (Å²) >= 11 is 0. The van der Waals surface area contributed by atoms with Gasteiger partial charge in [0.1, 0.15) is 11.4 Å². The molecule has 1 heterocycles. The van der Waals surface area contributed by atoms with Gasteiger partial charge < -0.3 is 4.43 Å². The van der Waals surface area contributed by atoms with E-state index in [1.807, 2.05) is 6.92 Å². The molecule has 0 radical (unpaired) electrons. The molecular weight excluding hydrogens is 318 g/mol. The zero-order chi connectivity index (χ0) is 17.3. The summed E-state index contributed by atoms with van der Waals surface area (Å²) in [7, 11) is -5.94. The molecule has 0 amide bonds. The van der Waals surface area contributed by atoms with Gasteiger partial charge in [0.2, 0.25) is 10.0 Å². The Morgan fingerprint density at radius 3 is 2.14 bits per heavy atom. The van der Waals surface area contributed by atoms with E-state index in [1.165, 1.54) is 0 Å². The molecule has 1 aromatic heterocycles. The second-order valence-corrected chi connectivity index (χ2v) is 13.9. The molecule has 0 bridgehead atoms. The van der Waals surface area contributed by atoms with Crippen molar-refractivity contribution < 1.29 is 12.8 Å². The first-order chi connectivity index (χ1) is 9.75. The van der Waals surface area contributed by atoms with Crippen LogP contribution in [0.5, 0.6) is 0 Å². The van der Waals surface area contributed by atoms with E-state index in [-0.39, 0.29) is 5.04 Å². The monoisotopic (exact) mass is 345 g/mol. The molecule has 0 saturated carbocycles. The number of nitrogens with two attached hydrogens (primary N) is 1. The van der Waals surface area contributed by atoms with Crippen LogP contribution in [0.25, 0.3) is 0 Å². The molecule has 0 fully saturated rings. The zero-order valence-electron chi connectivity index (χ0n) is 14.4. The number of nitrogens with zero attached hydrogens (tertiary/aromatic N) is 2. The molecule has 8 heteroatoms. The van der Waals surface area contributed by atoms with Crippen LogP contribution < -0.4 is 5.14 Å². The average Bonchev–Trinajstić information content (AvgIpc) is 2.34. The molecule has 0 aliphatic rings. The van der Waals surface area contributed by atoms with Gasteiger partial charge >= 0.3 is 0 Å². The van der Waals surface area contributed by atoms with Gasteiger partial charge in [0.25, 0.3) is 0 Å². The first kappa shape index (κ1) is 19.2. The molecule has 2 atom stereocenters. The van der Waals surface area contributed by atoms with Gasteiger partial charge in [-0.2, -0.15) is 0 Å². The lowest BCUT2D eigenvalue weighted by atomic mass is 10.2. The molecule has 0 aliphatic heterocycles. The molecule has 22 heavy (non-hydrogen) atoms. The van der Waals surface area contributed by atoms with Gasteiger partial charge in [-0.25, -0.2) is 13.6 Å². The summed E-state index contributed by atoms with van der Waals surface area (Å²) in [5.41, 5.74) is 1.26. The summed E-state index contributed by atoms with van der Waals surface area (Å²) in [5.74, 6) is 0. The Balaban J connectivity index is 3.27. The maximum Gasteiger partial charge on any atom is 0.214 e. The SMILES string of the molecule is Cc1cnc(C(O[Si](C)(C)C(C)(C)C)[C@H](C)S(N)(=O)=O)cn1. The van der Waals surface area contributed by atoms with E-state index in [4.69, 9.17) is 9.56 Å². The quantitative estimate of drug-likeness (QED) is 0.827. The van der Waals surface area contributed by atoms with Crippen molar-refractivity contribution in [2.24, 2.45) is 5.14 Å². The molecule has 1 rings (SSSR count). The summed E-state index contributed by atoms with van der Waals surface area (Å²) in [6, 6.07) is 0. The van der Waals surface area contributed by atoms with Crippen molar-refractivity contribution in [3.63, 3.8) is 0 Å². The van der Waals surface area contributed by atoms with Crippen molar-refractivity contribution in [1.29, 1.82) is 0 Å². The third-order valence-electron chi connectivity index (χ3n) is 4.26. The summed E-state index contributed by atoms with van der Waals surface area (Å²) in [6.07, 6.45) is 2.45. The van der Waals surface area contributed by atoms with Crippen LogP contribution >= 0.6 is 0 Å². The number of sulfonamides is 1. The van der Waals surface area contributed by atoms with Crippen LogP contribution in [0.4, 0.5) is 0 Å². The molecule has 6 nitrogen and oxygen atoms in total. The highest BCUT2D eigenvalue weighted by atomic mass is 32.2. The molecule has 1 unspecified atom stereocenters. The minimum atomic E-state index is -3.75. The fraction of sp³-hybridized carbons (Fsp3) is 0.714. The topological polar surface area (TPSA) is 95.2 Å². The molecule has 0 aromatic carbocycles. The van der Waals surface area contributed by atoms with Gasteiger partial charge in [0.05, 0.1) is 17.6 Å². The van der Waals surface area contributed by atoms with E-state index in [1.54, 1.807) is 19.3 Å². The Labute approximate surface area is 134 Å². The maximum absolute atomic E-state index is 11.8. The van der Waals surface area contributed by atoms with Crippen molar-refractivity contribution in [2.45, 2.75) is 64.1 Å². The predicted octanol–water partition coefficient (Wildman–Crippen LogP) is 2.52. The van der Waals surface area contributed by atoms with Crippen LogP contribution in [-0.4, -0.2) is 32.0 Å². The van der Waals surface area contributed by atoms with E-state index >= 15 is 0 Å². The number of aryl methyl sites for hydroxylation is 1. The Morgan fingerprint density at radius 2 is 1.77 bits per heavy atom. The van der Waals surface area contributed by atoms with E-state index < -0.39 is 29.7 Å². The highest BCUT2D eigenvalue weighted by molar-refractivity contribution is 7.89. The molecule has 1 aromatic rings. The Morgan fingerprint density at radius 1 is 1.23 bits per heavy atom. The van der Waals surface area contributed by atoms with Crippen molar-refractivity contribution in [1.82, 2.24) is 9.97 Å². The fourth-order valence-electron chi connectivity index (χ4n) is 1.61. The van der Waals surface area contributed by atoms with Crippen LogP contribution in [0, 0.1) is 6.92 Å². The highest BCUT2D eigenvalue weighted by Gasteiger charge is 2.42. The second-order valence-electron chi connectivity index (χ2n) is 7.18. The third kappa shape index (κ3) is 4.58. The van der Waals surface area contributed by atoms with E-state index in [0.717, 1.165) is 5.69 Å². The van der Waals surface area contributed by atoms with Crippen LogP contribution in [-0.2, 0) is 14.4 Å². The second kappa shape index (κ2) is 6.35. The lowest BCUT2D eigenvalue weighted by molar-refractivity contribution is 0.176. The van der Waals surface area contributed by atoms with Crippen molar-refractivity contribution >= 4 is 18.3 Å². The summed E-state index contributed by atoms with van der Waals surface area (Å²) < 4.78 is 29.9. The first-order valence-electron chi connectivity index (χ1n) is 7.23. The smallest absolute Gasteiger partial charge is 0.214 e. The lowest BCUT2D eigenvalue weighted by Gasteiger charge is -2.40. The molecule has 2 N–H and O–H groups in total. The number of aromatic nitrogens is 2. The standard InChI is InChI=1S/C14H27N3O3SSi/c1-10-8-17-12(9-16-10)13(11(2)21(15,18)19)20-22(6,7)14(3,4)5/h8-9,11,13H,1-7H3,(H2,15,18,19)/t11-,13?/m0/s1. The van der Waals surface area contributed by atoms with Crippen molar-refractivity contribution in [3.05, 3.63) is 23.8 Å². The van der Waals surface area contributed by atoms with Gasteiger partial charge in [0.15, 0.2) is 8.32 Å².